The summed E-state index contributed by atoms with van der Waals surface area (Å²) in [5.74, 6) is 1.38. The van der Waals surface area contributed by atoms with Crippen LogP contribution in [0.3, 0.4) is 0 Å². The first kappa shape index (κ1) is 21.1. The Morgan fingerprint density at radius 2 is 1.42 bits per heavy atom. The maximum absolute atomic E-state index is 3.69. The van der Waals surface area contributed by atoms with Gasteiger partial charge in [0.05, 0.1) is 22.7 Å². The Kier molecular flexibility index (Phi) is 5.00. The number of para-hydroxylation sites is 4. The lowest BCUT2D eigenvalue weighted by atomic mass is 9.90. The fourth-order valence-corrected chi connectivity index (χ4v) is 14.3. The topological polar surface area (TPSA) is 15.3 Å². The Balaban J connectivity index is 1.43. The highest BCUT2D eigenvalue weighted by molar-refractivity contribution is 8.04. The lowest BCUT2D eigenvalue weighted by molar-refractivity contribution is 0.580. The molecule has 0 aromatic heterocycles. The Morgan fingerprint density at radius 1 is 0.848 bits per heavy atom. The molecular formula is C29H32N2SSi. The average Bonchev–Trinajstić information content (AvgIpc) is 3.29. The third kappa shape index (κ3) is 3.22. The smallest absolute Gasteiger partial charge is 0.161 e. The molecule has 0 bridgehead atoms. The minimum absolute atomic E-state index is 0.664. The summed E-state index contributed by atoms with van der Waals surface area (Å²) >= 11 is 2.18. The number of hydrogen-bond donors (Lipinski definition) is 1. The van der Waals surface area contributed by atoms with Gasteiger partial charge in [0.1, 0.15) is 0 Å². The van der Waals surface area contributed by atoms with Crippen molar-refractivity contribution in [3.8, 4) is 0 Å². The monoisotopic (exact) mass is 468 g/mol. The maximum Gasteiger partial charge on any atom is 0.161 e. The molecule has 3 aromatic carbocycles. The second-order valence-corrected chi connectivity index (χ2v) is 16.2. The summed E-state index contributed by atoms with van der Waals surface area (Å²) in [6, 6.07) is 28.9. The molecule has 0 saturated heterocycles. The normalized spacial score (nSPS) is 26.0. The molecule has 1 aliphatic carbocycles. The molecular weight excluding hydrogens is 436 g/mol. The lowest BCUT2D eigenvalue weighted by Crippen LogP contribution is -2.54. The van der Waals surface area contributed by atoms with Crippen LogP contribution in [0, 0.1) is 11.8 Å². The molecule has 6 rings (SSSR count). The molecule has 2 heterocycles. The number of nitrogens with one attached hydrogen (secondary N) is 1. The van der Waals surface area contributed by atoms with Crippen LogP contribution in [0.25, 0.3) is 5.57 Å². The molecule has 4 atom stereocenters. The largest absolute Gasteiger partial charge is 0.366 e. The van der Waals surface area contributed by atoms with Gasteiger partial charge in [0.15, 0.2) is 8.24 Å². The van der Waals surface area contributed by atoms with Crippen molar-refractivity contribution in [1.82, 2.24) is 0 Å². The van der Waals surface area contributed by atoms with Crippen molar-refractivity contribution in [2.75, 3.05) is 9.88 Å². The van der Waals surface area contributed by atoms with Crippen LogP contribution in [0.15, 0.2) is 83.8 Å². The van der Waals surface area contributed by atoms with Crippen molar-refractivity contribution in [2.24, 2.45) is 11.8 Å². The molecule has 0 spiro atoms. The fourth-order valence-electron chi connectivity index (χ4n) is 6.95. The van der Waals surface area contributed by atoms with E-state index < -0.39 is 8.24 Å². The molecule has 4 heteroatoms. The summed E-state index contributed by atoms with van der Waals surface area (Å²) < 4.78 is 2.77. The molecule has 3 aromatic rings. The fraction of sp³-hybridized carbons (Fsp3) is 0.310. The first-order chi connectivity index (χ1) is 16.0. The molecule has 2 aliphatic heterocycles. The van der Waals surface area contributed by atoms with Crippen LogP contribution in [0.1, 0.15) is 25.8 Å². The van der Waals surface area contributed by atoms with Crippen LogP contribution in [-0.4, -0.2) is 13.5 Å². The Hall–Kier alpha value is -2.43. The second-order valence-electron chi connectivity index (χ2n) is 10.4. The Bertz CT molecular complexity index is 1190. The van der Waals surface area contributed by atoms with Gasteiger partial charge >= 0.3 is 0 Å². The maximum atomic E-state index is 3.69. The zero-order valence-corrected chi connectivity index (χ0v) is 21.7. The van der Waals surface area contributed by atoms with Crippen LogP contribution < -0.4 is 9.88 Å². The molecule has 3 aliphatic rings. The molecule has 2 nitrogen and oxygen atoms in total. The van der Waals surface area contributed by atoms with Gasteiger partial charge in [0.2, 0.25) is 0 Å². The summed E-state index contributed by atoms with van der Waals surface area (Å²) in [6.07, 6.45) is 1.30. The highest BCUT2D eigenvalue weighted by Gasteiger charge is 2.56. The van der Waals surface area contributed by atoms with Gasteiger partial charge in [-0.3, -0.25) is 0 Å². The zero-order valence-electron chi connectivity index (χ0n) is 19.9. The van der Waals surface area contributed by atoms with Crippen LogP contribution in [0.2, 0.25) is 18.6 Å². The second kappa shape index (κ2) is 7.81. The standard InChI is InChI=1S/C29H32N2SSi/c1-19-18-22-27(21-12-6-5-7-13-21)20(2)32-28(22)29(19)33(3,4)31-25-16-10-8-14-23(25)30-24-15-9-11-17-26(24)31/h5-17,19,22,28-30H,18H2,1-4H3/t19-,22-,28+,29?/m1/s1. The number of anilines is 4. The number of benzene rings is 3. The van der Waals surface area contributed by atoms with Gasteiger partial charge in [-0.05, 0) is 71.0 Å². The minimum Gasteiger partial charge on any atom is -0.366 e. The van der Waals surface area contributed by atoms with Gasteiger partial charge in [0, 0.05) is 5.25 Å². The number of fused-ring (bicyclic) bond motifs is 3. The lowest BCUT2D eigenvalue weighted by Gasteiger charge is -2.49. The third-order valence-electron chi connectivity index (χ3n) is 8.09. The Labute approximate surface area is 203 Å². The van der Waals surface area contributed by atoms with E-state index in [0.717, 1.165) is 5.92 Å². The number of hydrogen-bond acceptors (Lipinski definition) is 3. The molecule has 168 valence electrons. The van der Waals surface area contributed by atoms with E-state index >= 15 is 0 Å². The molecule has 0 amide bonds. The predicted molar refractivity (Wildman–Crippen MR) is 147 cm³/mol. The Morgan fingerprint density at radius 3 is 2.06 bits per heavy atom. The predicted octanol–water partition coefficient (Wildman–Crippen LogP) is 8.66. The SMILES string of the molecule is CC1=C(c2ccccc2)[C@H]2C[C@@H](C)C([Si](C)(C)N3c4ccccc4Nc4ccccc43)[C@H]2S1. The average molecular weight is 469 g/mol. The molecule has 1 fully saturated rings. The first-order valence-electron chi connectivity index (χ1n) is 12.1. The van der Waals surface area contributed by atoms with Crippen molar-refractivity contribution >= 4 is 48.3 Å². The van der Waals surface area contributed by atoms with Crippen molar-refractivity contribution < 1.29 is 0 Å². The molecule has 1 saturated carbocycles. The van der Waals surface area contributed by atoms with E-state index in [1.165, 1.54) is 34.7 Å². The molecule has 33 heavy (non-hydrogen) atoms. The number of rotatable bonds is 3. The number of nitrogens with zero attached hydrogens (tertiary/aromatic N) is 1. The van der Waals surface area contributed by atoms with E-state index in [0.29, 0.717) is 16.7 Å². The summed E-state index contributed by atoms with van der Waals surface area (Å²) in [6.45, 7) is 10.1. The number of thioether (sulfide) groups is 1. The molecule has 1 unspecified atom stereocenters. The quantitative estimate of drug-likeness (QED) is 0.387. The van der Waals surface area contributed by atoms with Gasteiger partial charge in [-0.2, -0.15) is 0 Å². The van der Waals surface area contributed by atoms with E-state index in [1.807, 2.05) is 0 Å². The summed E-state index contributed by atoms with van der Waals surface area (Å²) in [5, 5.41) is 4.37. The van der Waals surface area contributed by atoms with E-state index in [1.54, 1.807) is 10.5 Å². The van der Waals surface area contributed by atoms with Crippen LogP contribution in [-0.2, 0) is 0 Å². The van der Waals surface area contributed by atoms with E-state index in [-0.39, 0.29) is 0 Å². The van der Waals surface area contributed by atoms with Crippen molar-refractivity contribution in [2.45, 2.75) is 44.2 Å². The highest BCUT2D eigenvalue weighted by atomic mass is 32.2. The third-order valence-corrected chi connectivity index (χ3v) is 14.0. The summed E-state index contributed by atoms with van der Waals surface area (Å²) in [7, 11) is -1.94. The van der Waals surface area contributed by atoms with E-state index in [2.05, 4.69) is 127 Å². The van der Waals surface area contributed by atoms with Crippen LogP contribution >= 0.6 is 11.8 Å². The van der Waals surface area contributed by atoms with Gasteiger partial charge in [0.25, 0.3) is 0 Å². The zero-order chi connectivity index (χ0) is 22.7. The van der Waals surface area contributed by atoms with E-state index in [9.17, 15) is 0 Å². The summed E-state index contributed by atoms with van der Waals surface area (Å²) in [4.78, 5) is 1.54. The minimum atomic E-state index is -1.94. The van der Waals surface area contributed by atoms with Crippen molar-refractivity contribution in [1.29, 1.82) is 0 Å². The van der Waals surface area contributed by atoms with Crippen LogP contribution in [0.4, 0.5) is 22.7 Å². The van der Waals surface area contributed by atoms with Crippen molar-refractivity contribution in [3.63, 3.8) is 0 Å². The number of allylic oxidation sites excluding steroid dienone is 2. The molecule has 1 N–H and O–H groups in total. The van der Waals surface area contributed by atoms with Crippen molar-refractivity contribution in [3.05, 3.63) is 89.3 Å². The van der Waals surface area contributed by atoms with Gasteiger partial charge < -0.3 is 9.88 Å². The molecule has 0 radical (unpaired) electrons. The van der Waals surface area contributed by atoms with E-state index in [4.69, 9.17) is 0 Å². The summed E-state index contributed by atoms with van der Waals surface area (Å²) in [5.41, 5.74) is 8.92. The van der Waals surface area contributed by atoms with Gasteiger partial charge in [-0.25, -0.2) is 0 Å². The van der Waals surface area contributed by atoms with Crippen LogP contribution in [0.5, 0.6) is 0 Å². The van der Waals surface area contributed by atoms with Gasteiger partial charge in [-0.15, -0.1) is 11.8 Å². The first-order valence-corrected chi connectivity index (χ1v) is 16.1. The van der Waals surface area contributed by atoms with Gasteiger partial charge in [-0.1, -0.05) is 74.6 Å². The highest BCUT2D eigenvalue weighted by Crippen LogP contribution is 2.64.